The number of likely N-dealkylation sites (tertiary alicyclic amines) is 2. The van der Waals surface area contributed by atoms with Crippen LogP contribution in [-0.4, -0.2) is 68.4 Å². The van der Waals surface area contributed by atoms with E-state index in [9.17, 15) is 13.2 Å². The van der Waals surface area contributed by atoms with Crippen molar-refractivity contribution in [1.82, 2.24) is 19.5 Å². The molecule has 2 fully saturated rings. The average molecular weight is 627 g/mol. The molecule has 1 aromatic heterocycles. The first-order valence-corrected chi connectivity index (χ1v) is 17.5. The van der Waals surface area contributed by atoms with Crippen LogP contribution in [-0.2, 0) is 25.2 Å². The lowest BCUT2D eigenvalue weighted by Crippen LogP contribution is -2.47. The number of aromatic nitrogens is 1. The van der Waals surface area contributed by atoms with Crippen LogP contribution in [0.2, 0.25) is 0 Å². The van der Waals surface area contributed by atoms with Crippen molar-refractivity contribution in [3.05, 3.63) is 108 Å². The van der Waals surface area contributed by atoms with E-state index in [1.165, 1.54) is 25.9 Å². The molecule has 2 aliphatic heterocycles. The van der Waals surface area contributed by atoms with Gasteiger partial charge in [-0.25, -0.2) is 13.1 Å². The van der Waals surface area contributed by atoms with E-state index in [0.29, 0.717) is 32.5 Å². The second kappa shape index (κ2) is 14.2. The van der Waals surface area contributed by atoms with Crippen molar-refractivity contribution in [3.63, 3.8) is 0 Å². The summed E-state index contributed by atoms with van der Waals surface area (Å²) < 4.78 is 36.7. The Morgan fingerprint density at radius 1 is 0.889 bits per heavy atom. The SMILES string of the molecule is O=C(CC(NS(=O)(=O)c1ccc2ccccc2c1)c1ccccc1)N1CCC(OCCCN2CCCC2)(c2cccnc2)CC1. The molecule has 1 unspecified atom stereocenters. The predicted molar refractivity (Wildman–Crippen MR) is 176 cm³/mol. The van der Waals surface area contributed by atoms with E-state index < -0.39 is 21.7 Å². The molecule has 0 bridgehead atoms. The monoisotopic (exact) mass is 626 g/mol. The largest absolute Gasteiger partial charge is 0.370 e. The summed E-state index contributed by atoms with van der Waals surface area (Å²) >= 11 is 0. The number of pyridine rings is 1. The van der Waals surface area contributed by atoms with E-state index in [1.807, 2.05) is 77.8 Å². The van der Waals surface area contributed by atoms with Crippen LogP contribution in [0.3, 0.4) is 0 Å². The van der Waals surface area contributed by atoms with Crippen molar-refractivity contribution in [2.24, 2.45) is 0 Å². The zero-order chi connectivity index (χ0) is 31.1. The summed E-state index contributed by atoms with van der Waals surface area (Å²) in [4.78, 5) is 22.7. The number of sulfonamides is 1. The Bertz CT molecular complexity index is 1670. The maximum Gasteiger partial charge on any atom is 0.241 e. The Morgan fingerprint density at radius 2 is 1.62 bits per heavy atom. The second-order valence-corrected chi connectivity index (χ2v) is 13.9. The minimum Gasteiger partial charge on any atom is -0.370 e. The highest BCUT2D eigenvalue weighted by atomic mass is 32.2. The number of rotatable bonds is 12. The molecule has 3 heterocycles. The van der Waals surface area contributed by atoms with Crippen LogP contribution in [0.25, 0.3) is 10.8 Å². The highest BCUT2D eigenvalue weighted by molar-refractivity contribution is 7.89. The van der Waals surface area contributed by atoms with Crippen LogP contribution in [0.15, 0.2) is 102 Å². The third-order valence-electron chi connectivity index (χ3n) is 9.22. The van der Waals surface area contributed by atoms with E-state index in [0.717, 1.165) is 34.9 Å². The maximum absolute atomic E-state index is 13.8. The van der Waals surface area contributed by atoms with Gasteiger partial charge in [0.1, 0.15) is 0 Å². The number of carbonyl (C=O) groups excluding carboxylic acids is 1. The fourth-order valence-corrected chi connectivity index (χ4v) is 7.89. The van der Waals surface area contributed by atoms with Gasteiger partial charge in [0.2, 0.25) is 15.9 Å². The molecule has 1 N–H and O–H groups in total. The molecule has 1 atom stereocenters. The van der Waals surface area contributed by atoms with Crippen LogP contribution < -0.4 is 4.72 Å². The number of carbonyl (C=O) groups is 1. The van der Waals surface area contributed by atoms with Gasteiger partial charge in [0.25, 0.3) is 0 Å². The molecule has 0 saturated carbocycles. The van der Waals surface area contributed by atoms with Gasteiger partial charge in [-0.1, -0.05) is 66.7 Å². The number of nitrogens with zero attached hydrogens (tertiary/aromatic N) is 3. The third-order valence-corrected chi connectivity index (χ3v) is 10.7. The highest BCUT2D eigenvalue weighted by Gasteiger charge is 2.39. The molecule has 1 amide bonds. The van der Waals surface area contributed by atoms with Crippen molar-refractivity contribution in [3.8, 4) is 0 Å². The molecular formula is C36H42N4O4S. The van der Waals surface area contributed by atoms with Crippen LogP contribution in [0.5, 0.6) is 0 Å². The first kappa shape index (κ1) is 31.4. The molecule has 0 radical (unpaired) electrons. The van der Waals surface area contributed by atoms with E-state index in [4.69, 9.17) is 4.74 Å². The fraction of sp³-hybridized carbons (Fsp3) is 0.389. The zero-order valence-electron chi connectivity index (χ0n) is 25.7. The maximum atomic E-state index is 13.8. The van der Waals surface area contributed by atoms with Gasteiger partial charge in [-0.2, -0.15) is 0 Å². The number of fused-ring (bicyclic) bond motifs is 1. The Morgan fingerprint density at radius 3 is 2.36 bits per heavy atom. The molecule has 2 saturated heterocycles. The normalized spacial score (nSPS) is 17.8. The van der Waals surface area contributed by atoms with Crippen molar-refractivity contribution >= 4 is 26.7 Å². The topological polar surface area (TPSA) is 91.8 Å². The number of amides is 1. The molecular weight excluding hydrogens is 584 g/mol. The first-order valence-electron chi connectivity index (χ1n) is 16.0. The summed E-state index contributed by atoms with van der Waals surface area (Å²) in [5.41, 5.74) is 1.30. The number of hydrogen-bond donors (Lipinski definition) is 1. The molecule has 6 rings (SSSR count). The average Bonchev–Trinajstić information content (AvgIpc) is 3.61. The summed E-state index contributed by atoms with van der Waals surface area (Å²) in [6, 6.07) is 25.4. The quantitative estimate of drug-likeness (QED) is 0.204. The molecule has 9 heteroatoms. The van der Waals surface area contributed by atoms with Crippen LogP contribution >= 0.6 is 0 Å². The second-order valence-electron chi connectivity index (χ2n) is 12.2. The van der Waals surface area contributed by atoms with E-state index in [1.54, 1.807) is 18.3 Å². The van der Waals surface area contributed by atoms with Gasteiger partial charge < -0.3 is 14.5 Å². The number of hydrogen-bond acceptors (Lipinski definition) is 6. The van der Waals surface area contributed by atoms with E-state index in [-0.39, 0.29) is 17.2 Å². The molecule has 236 valence electrons. The summed E-state index contributed by atoms with van der Waals surface area (Å²) in [6.07, 6.45) is 8.52. The van der Waals surface area contributed by atoms with Crippen molar-refractivity contribution in [2.75, 3.05) is 39.3 Å². The van der Waals surface area contributed by atoms with Gasteiger partial charge in [0.15, 0.2) is 0 Å². The first-order chi connectivity index (χ1) is 21.9. The lowest BCUT2D eigenvalue weighted by atomic mass is 9.84. The number of ether oxygens (including phenoxy) is 1. The third kappa shape index (κ3) is 7.61. The molecule has 4 aromatic rings. The van der Waals surface area contributed by atoms with Gasteiger partial charge in [-0.15, -0.1) is 0 Å². The Hall–Kier alpha value is -3.63. The standard InChI is InChI=1S/C36H42N4O4S/c41-35(40-23-17-36(18-24-40,32-14-8-19-37-28-32)44-25-9-22-39-20-6-7-21-39)27-34(30-11-2-1-3-12-30)38-45(42,43)33-16-15-29-10-4-5-13-31(29)26-33/h1-5,8,10-16,19,26,28,34,38H,6-7,9,17-18,20-25,27H2. The predicted octanol–water partition coefficient (Wildman–Crippen LogP) is 5.66. The summed E-state index contributed by atoms with van der Waals surface area (Å²) in [6.45, 7) is 5.10. The van der Waals surface area contributed by atoms with E-state index >= 15 is 0 Å². The van der Waals surface area contributed by atoms with Gasteiger partial charge in [-0.3, -0.25) is 9.78 Å². The highest BCUT2D eigenvalue weighted by Crippen LogP contribution is 2.37. The lowest BCUT2D eigenvalue weighted by Gasteiger charge is -2.42. The minimum atomic E-state index is -3.90. The number of piperidine rings is 1. The fourth-order valence-electron chi connectivity index (χ4n) is 6.63. The summed E-state index contributed by atoms with van der Waals surface area (Å²) in [5.74, 6) is -0.0844. The Labute approximate surface area is 266 Å². The molecule has 0 aliphatic carbocycles. The van der Waals surface area contributed by atoms with Crippen molar-refractivity contribution in [1.29, 1.82) is 0 Å². The molecule has 2 aliphatic rings. The molecule has 0 spiro atoms. The van der Waals surface area contributed by atoms with Crippen LogP contribution in [0.4, 0.5) is 0 Å². The number of nitrogens with one attached hydrogen (secondary N) is 1. The van der Waals surface area contributed by atoms with Crippen molar-refractivity contribution in [2.45, 2.75) is 55.1 Å². The summed E-state index contributed by atoms with van der Waals surface area (Å²) in [7, 11) is -3.90. The smallest absolute Gasteiger partial charge is 0.241 e. The van der Waals surface area contributed by atoms with Crippen LogP contribution in [0.1, 0.15) is 55.7 Å². The van der Waals surface area contributed by atoms with Crippen molar-refractivity contribution < 1.29 is 17.9 Å². The molecule has 3 aromatic carbocycles. The number of benzene rings is 3. The van der Waals surface area contributed by atoms with Gasteiger partial charge >= 0.3 is 0 Å². The van der Waals surface area contributed by atoms with Crippen LogP contribution in [0, 0.1) is 0 Å². The Balaban J connectivity index is 1.14. The lowest BCUT2D eigenvalue weighted by molar-refractivity contribution is -0.140. The zero-order valence-corrected chi connectivity index (χ0v) is 26.5. The summed E-state index contributed by atoms with van der Waals surface area (Å²) in [5, 5.41) is 1.81. The molecule has 8 nitrogen and oxygen atoms in total. The Kier molecular flexibility index (Phi) is 9.90. The van der Waals surface area contributed by atoms with E-state index in [2.05, 4.69) is 20.7 Å². The van der Waals surface area contributed by atoms with Gasteiger partial charge in [-0.05, 0) is 79.7 Å². The van der Waals surface area contributed by atoms with Gasteiger partial charge in [0, 0.05) is 50.6 Å². The minimum absolute atomic E-state index is 0.0212. The van der Waals surface area contributed by atoms with Gasteiger partial charge in [0.05, 0.1) is 16.5 Å². The molecule has 45 heavy (non-hydrogen) atoms.